The Morgan fingerprint density at radius 1 is 1.50 bits per heavy atom. The van der Waals surface area contributed by atoms with E-state index in [0.717, 1.165) is 29.7 Å². The van der Waals surface area contributed by atoms with Crippen LogP contribution >= 0.6 is 11.5 Å². The van der Waals surface area contributed by atoms with Crippen LogP contribution in [0.4, 0.5) is 5.00 Å². The maximum atomic E-state index is 5.42. The Hall–Kier alpha value is -0.720. The predicted molar refractivity (Wildman–Crippen MR) is 66.0 cm³/mol. The molecule has 2 atom stereocenters. The highest BCUT2D eigenvalue weighted by Crippen LogP contribution is 2.25. The van der Waals surface area contributed by atoms with Gasteiger partial charge in [-0.3, -0.25) is 4.90 Å². The van der Waals surface area contributed by atoms with Gasteiger partial charge in [-0.05, 0) is 25.7 Å². The molecule has 0 spiro atoms. The van der Waals surface area contributed by atoms with Gasteiger partial charge in [0, 0.05) is 30.7 Å². The smallest absolute Gasteiger partial charge is 0.148 e. The molecular weight excluding hydrogens is 222 g/mol. The average Bonchev–Trinajstić information content (AvgIpc) is 2.71. The summed E-state index contributed by atoms with van der Waals surface area (Å²) in [4.78, 5) is 2.46. The first kappa shape index (κ1) is 11.8. The Morgan fingerprint density at radius 2 is 2.31 bits per heavy atom. The number of nitrogens with zero attached hydrogens (tertiary/aromatic N) is 3. The third-order valence-electron chi connectivity index (χ3n) is 3.29. The third-order valence-corrected chi connectivity index (χ3v) is 3.99. The quantitative estimate of drug-likeness (QED) is 0.619. The van der Waals surface area contributed by atoms with Gasteiger partial charge in [-0.25, -0.2) is 5.84 Å². The molecule has 16 heavy (non-hydrogen) atoms. The topological polar surface area (TPSA) is 67.1 Å². The van der Waals surface area contributed by atoms with E-state index in [2.05, 4.69) is 33.8 Å². The fourth-order valence-electron chi connectivity index (χ4n) is 2.21. The van der Waals surface area contributed by atoms with Crippen LogP contribution in [0.1, 0.15) is 32.4 Å². The molecule has 1 aromatic heterocycles. The lowest BCUT2D eigenvalue weighted by Crippen LogP contribution is -2.40. The Morgan fingerprint density at radius 3 is 3.06 bits per heavy atom. The molecular formula is C10H19N5S. The average molecular weight is 241 g/mol. The van der Waals surface area contributed by atoms with Crippen molar-refractivity contribution in [3.8, 4) is 0 Å². The molecule has 1 fully saturated rings. The zero-order valence-corrected chi connectivity index (χ0v) is 10.6. The van der Waals surface area contributed by atoms with E-state index in [1.165, 1.54) is 24.4 Å². The van der Waals surface area contributed by atoms with Gasteiger partial charge in [0.15, 0.2) is 0 Å². The van der Waals surface area contributed by atoms with Crippen LogP contribution in [0.5, 0.6) is 0 Å². The summed E-state index contributed by atoms with van der Waals surface area (Å²) >= 11 is 1.32. The van der Waals surface area contributed by atoms with E-state index in [1.807, 2.05) is 0 Å². The standard InChI is InChI=1S/C10H19N5S/c1-7-3-4-8(2)15(5-7)6-9-10(12-11)16-14-13-9/h7-8,12H,3-6,11H2,1-2H3. The van der Waals surface area contributed by atoms with Crippen LogP contribution in [0.3, 0.4) is 0 Å². The first-order chi connectivity index (χ1) is 7.70. The Bertz CT molecular complexity index is 340. The predicted octanol–water partition coefficient (Wildman–Crippen LogP) is 1.44. The van der Waals surface area contributed by atoms with E-state index in [1.54, 1.807) is 0 Å². The van der Waals surface area contributed by atoms with E-state index in [4.69, 9.17) is 5.84 Å². The van der Waals surface area contributed by atoms with Crippen LogP contribution < -0.4 is 11.3 Å². The lowest BCUT2D eigenvalue weighted by molar-refractivity contribution is 0.116. The highest BCUT2D eigenvalue weighted by molar-refractivity contribution is 7.10. The highest BCUT2D eigenvalue weighted by atomic mass is 32.1. The van der Waals surface area contributed by atoms with Gasteiger partial charge in [-0.2, -0.15) is 0 Å². The lowest BCUT2D eigenvalue weighted by atomic mass is 9.95. The molecule has 0 amide bonds. The largest absolute Gasteiger partial charge is 0.313 e. The number of hydrogen-bond donors (Lipinski definition) is 2. The van der Waals surface area contributed by atoms with Crippen molar-refractivity contribution in [1.29, 1.82) is 0 Å². The minimum absolute atomic E-state index is 0.628. The van der Waals surface area contributed by atoms with Gasteiger partial charge < -0.3 is 5.43 Å². The number of likely N-dealkylation sites (tertiary alicyclic amines) is 1. The number of nitrogen functional groups attached to an aromatic ring is 1. The molecule has 0 saturated carbocycles. The molecule has 2 unspecified atom stereocenters. The maximum absolute atomic E-state index is 5.42. The molecule has 1 aliphatic heterocycles. The Balaban J connectivity index is 2.02. The molecule has 1 saturated heterocycles. The first-order valence-electron chi connectivity index (χ1n) is 5.72. The Labute approximate surface area is 100 Å². The second kappa shape index (κ2) is 5.07. The lowest BCUT2D eigenvalue weighted by Gasteiger charge is -2.36. The molecule has 0 radical (unpaired) electrons. The fourth-order valence-corrected chi connectivity index (χ4v) is 2.70. The first-order valence-corrected chi connectivity index (χ1v) is 6.50. The number of aromatic nitrogens is 2. The monoisotopic (exact) mass is 241 g/mol. The summed E-state index contributed by atoms with van der Waals surface area (Å²) in [6.07, 6.45) is 2.60. The second-order valence-electron chi connectivity index (χ2n) is 4.65. The summed E-state index contributed by atoms with van der Waals surface area (Å²) in [6.45, 7) is 6.58. The SMILES string of the molecule is CC1CCC(C)N(Cc2nnsc2NN)C1. The number of nitrogens with one attached hydrogen (secondary N) is 1. The molecule has 1 aromatic rings. The normalized spacial score (nSPS) is 26.9. The summed E-state index contributed by atoms with van der Waals surface area (Å²) in [5.41, 5.74) is 3.62. The van der Waals surface area contributed by atoms with Gasteiger partial charge in [0.2, 0.25) is 0 Å². The van der Waals surface area contributed by atoms with Gasteiger partial charge in [0.25, 0.3) is 0 Å². The van der Waals surface area contributed by atoms with Crippen LogP contribution in [0.25, 0.3) is 0 Å². The van der Waals surface area contributed by atoms with Gasteiger partial charge in [0.05, 0.1) is 0 Å². The molecule has 0 bridgehead atoms. The third kappa shape index (κ3) is 2.50. The maximum Gasteiger partial charge on any atom is 0.148 e. The van der Waals surface area contributed by atoms with Crippen LogP contribution in [0.2, 0.25) is 0 Å². The number of hydrazine groups is 1. The van der Waals surface area contributed by atoms with E-state index in [-0.39, 0.29) is 0 Å². The van der Waals surface area contributed by atoms with Crippen molar-refractivity contribution in [3.63, 3.8) is 0 Å². The van der Waals surface area contributed by atoms with E-state index < -0.39 is 0 Å². The molecule has 3 N–H and O–H groups in total. The summed E-state index contributed by atoms with van der Waals surface area (Å²) in [7, 11) is 0. The van der Waals surface area contributed by atoms with E-state index >= 15 is 0 Å². The summed E-state index contributed by atoms with van der Waals surface area (Å²) in [5, 5.41) is 5.00. The van der Waals surface area contributed by atoms with E-state index in [0.29, 0.717) is 6.04 Å². The summed E-state index contributed by atoms with van der Waals surface area (Å²) in [5.74, 6) is 6.20. The van der Waals surface area contributed by atoms with Crippen molar-refractivity contribution in [1.82, 2.24) is 14.5 Å². The molecule has 0 aliphatic carbocycles. The molecule has 0 aromatic carbocycles. The van der Waals surface area contributed by atoms with Gasteiger partial charge in [-0.1, -0.05) is 11.4 Å². The fraction of sp³-hybridized carbons (Fsp3) is 0.800. The van der Waals surface area contributed by atoms with E-state index in [9.17, 15) is 0 Å². The number of rotatable bonds is 3. The van der Waals surface area contributed by atoms with Crippen LogP contribution in [-0.2, 0) is 6.54 Å². The van der Waals surface area contributed by atoms with Crippen molar-refractivity contribution in [2.24, 2.45) is 11.8 Å². The van der Waals surface area contributed by atoms with Crippen molar-refractivity contribution >= 4 is 16.5 Å². The van der Waals surface area contributed by atoms with Gasteiger partial charge >= 0.3 is 0 Å². The minimum atomic E-state index is 0.628. The van der Waals surface area contributed by atoms with Gasteiger partial charge in [-0.15, -0.1) is 5.10 Å². The molecule has 2 heterocycles. The molecule has 5 nitrogen and oxygen atoms in total. The second-order valence-corrected chi connectivity index (χ2v) is 5.41. The van der Waals surface area contributed by atoms with Crippen molar-refractivity contribution in [3.05, 3.63) is 5.69 Å². The molecule has 6 heteroatoms. The number of nitrogens with two attached hydrogens (primary N) is 1. The van der Waals surface area contributed by atoms with Crippen LogP contribution in [0, 0.1) is 5.92 Å². The summed E-state index contributed by atoms with van der Waals surface area (Å²) in [6, 6.07) is 0.628. The summed E-state index contributed by atoms with van der Waals surface area (Å²) < 4.78 is 3.93. The van der Waals surface area contributed by atoms with Crippen molar-refractivity contribution in [2.75, 3.05) is 12.0 Å². The van der Waals surface area contributed by atoms with Crippen LogP contribution in [0.15, 0.2) is 0 Å². The molecule has 2 rings (SSSR count). The number of hydrogen-bond acceptors (Lipinski definition) is 6. The minimum Gasteiger partial charge on any atom is -0.313 e. The highest BCUT2D eigenvalue weighted by Gasteiger charge is 2.24. The number of piperidine rings is 1. The zero-order chi connectivity index (χ0) is 11.5. The van der Waals surface area contributed by atoms with Crippen LogP contribution in [-0.4, -0.2) is 27.1 Å². The Kier molecular flexibility index (Phi) is 3.73. The molecule has 90 valence electrons. The number of anilines is 1. The van der Waals surface area contributed by atoms with Crippen molar-refractivity contribution in [2.45, 2.75) is 39.3 Å². The van der Waals surface area contributed by atoms with Crippen molar-refractivity contribution < 1.29 is 0 Å². The molecule has 1 aliphatic rings. The van der Waals surface area contributed by atoms with Gasteiger partial charge in [0.1, 0.15) is 10.7 Å². The zero-order valence-electron chi connectivity index (χ0n) is 9.81.